The number of nitrogens with one attached hydrogen (secondary N) is 1. The van der Waals surface area contributed by atoms with E-state index in [9.17, 15) is 9.59 Å². The molecule has 0 saturated carbocycles. The fourth-order valence-corrected chi connectivity index (χ4v) is 4.10. The lowest BCUT2D eigenvalue weighted by Crippen LogP contribution is -2.53. The van der Waals surface area contributed by atoms with E-state index in [0.717, 1.165) is 27.6 Å². The highest BCUT2D eigenvalue weighted by atomic mass is 79.9. The molecule has 2 amide bonds. The van der Waals surface area contributed by atoms with Crippen molar-refractivity contribution >= 4 is 39.3 Å². The van der Waals surface area contributed by atoms with Crippen LogP contribution in [0.4, 0.5) is 0 Å². The Hall–Kier alpha value is -2.83. The third-order valence-corrected chi connectivity index (χ3v) is 6.98. The average molecular weight is 572 g/mol. The second-order valence-corrected chi connectivity index (χ2v) is 10.2. The van der Waals surface area contributed by atoms with Crippen molar-refractivity contribution in [3.05, 3.63) is 99.0 Å². The number of carbonyl (C=O) groups is 2. The first-order valence-corrected chi connectivity index (χ1v) is 13.2. The molecular formula is C29H32BrClN2O3. The average Bonchev–Trinajstić information content (AvgIpc) is 2.88. The second-order valence-electron chi connectivity index (χ2n) is 8.87. The van der Waals surface area contributed by atoms with Gasteiger partial charge in [0.25, 0.3) is 5.91 Å². The number of nitrogens with zero attached hydrogens (tertiary/aromatic N) is 1. The first-order chi connectivity index (χ1) is 17.3. The third kappa shape index (κ3) is 8.10. The Bertz CT molecular complexity index is 1150. The number of rotatable bonds is 11. The summed E-state index contributed by atoms with van der Waals surface area (Å²) >= 11 is 9.58. The monoisotopic (exact) mass is 570 g/mol. The third-order valence-electron chi connectivity index (χ3n) is 6.03. The van der Waals surface area contributed by atoms with Crippen LogP contribution in [-0.4, -0.2) is 35.4 Å². The van der Waals surface area contributed by atoms with Crippen LogP contribution in [0, 0.1) is 6.92 Å². The molecule has 5 nitrogen and oxygen atoms in total. The maximum Gasteiger partial charge on any atom is 0.261 e. The molecule has 0 aromatic heterocycles. The number of ether oxygens (including phenoxy) is 1. The van der Waals surface area contributed by atoms with E-state index in [1.807, 2.05) is 75.4 Å². The highest BCUT2D eigenvalue weighted by Gasteiger charge is 2.31. The summed E-state index contributed by atoms with van der Waals surface area (Å²) in [5.41, 5.74) is 2.76. The van der Waals surface area contributed by atoms with E-state index in [0.29, 0.717) is 17.2 Å². The van der Waals surface area contributed by atoms with Gasteiger partial charge in [0.15, 0.2) is 6.61 Å². The van der Waals surface area contributed by atoms with Crippen LogP contribution in [0.5, 0.6) is 5.75 Å². The molecule has 0 aliphatic carbocycles. The van der Waals surface area contributed by atoms with Crippen molar-refractivity contribution in [1.82, 2.24) is 10.2 Å². The van der Waals surface area contributed by atoms with E-state index in [-0.39, 0.29) is 31.0 Å². The van der Waals surface area contributed by atoms with E-state index >= 15 is 0 Å². The zero-order valence-corrected chi connectivity index (χ0v) is 23.2. The lowest BCUT2D eigenvalue weighted by atomic mass is 10.0. The number of carbonyl (C=O) groups excluding carboxylic acids is 2. The summed E-state index contributed by atoms with van der Waals surface area (Å²) in [6, 6.07) is 22.1. The zero-order valence-electron chi connectivity index (χ0n) is 20.8. The van der Waals surface area contributed by atoms with E-state index in [4.69, 9.17) is 16.3 Å². The molecule has 190 valence electrons. The normalized spacial score (nSPS) is 12.5. The van der Waals surface area contributed by atoms with Crippen molar-refractivity contribution in [2.45, 2.75) is 52.2 Å². The molecule has 0 bridgehead atoms. The molecule has 0 spiro atoms. The van der Waals surface area contributed by atoms with Gasteiger partial charge in [0.2, 0.25) is 5.91 Å². The van der Waals surface area contributed by atoms with Crippen LogP contribution in [-0.2, 0) is 22.6 Å². The minimum absolute atomic E-state index is 0.00583. The highest BCUT2D eigenvalue weighted by molar-refractivity contribution is 9.10. The smallest absolute Gasteiger partial charge is 0.261 e. The molecule has 0 saturated heterocycles. The molecule has 0 unspecified atom stereocenters. The van der Waals surface area contributed by atoms with Gasteiger partial charge in [-0.3, -0.25) is 9.59 Å². The fourth-order valence-electron chi connectivity index (χ4n) is 3.72. The second kappa shape index (κ2) is 13.5. The zero-order chi connectivity index (χ0) is 26.1. The lowest BCUT2D eigenvalue weighted by Gasteiger charge is -2.32. The summed E-state index contributed by atoms with van der Waals surface area (Å²) in [5, 5.41) is 3.71. The van der Waals surface area contributed by atoms with E-state index in [2.05, 4.69) is 21.2 Å². The maximum absolute atomic E-state index is 13.6. The Balaban J connectivity index is 1.90. The molecule has 1 N–H and O–H groups in total. The Morgan fingerprint density at radius 1 is 1.03 bits per heavy atom. The van der Waals surface area contributed by atoms with Gasteiger partial charge in [-0.1, -0.05) is 76.9 Å². The van der Waals surface area contributed by atoms with Crippen LogP contribution in [0.25, 0.3) is 0 Å². The Morgan fingerprint density at radius 2 is 1.72 bits per heavy atom. The SMILES string of the molecule is CC[C@H](C)NC(=O)[C@@H](Cc1ccccc1)N(Cc1ccc(Br)cc1)C(=O)COc1ccc(Cl)c(C)c1. The van der Waals surface area contributed by atoms with Crippen molar-refractivity contribution in [1.29, 1.82) is 0 Å². The van der Waals surface area contributed by atoms with Gasteiger partial charge in [-0.25, -0.2) is 0 Å². The minimum Gasteiger partial charge on any atom is -0.484 e. The van der Waals surface area contributed by atoms with Gasteiger partial charge in [-0.05, 0) is 67.3 Å². The molecule has 7 heteroatoms. The Morgan fingerprint density at radius 3 is 2.36 bits per heavy atom. The van der Waals surface area contributed by atoms with Crippen LogP contribution in [0.2, 0.25) is 5.02 Å². The molecule has 0 heterocycles. The van der Waals surface area contributed by atoms with Gasteiger partial charge in [-0.15, -0.1) is 0 Å². The van der Waals surface area contributed by atoms with Crippen LogP contribution in [0.1, 0.15) is 37.0 Å². The van der Waals surface area contributed by atoms with Crippen LogP contribution in [0.3, 0.4) is 0 Å². The minimum atomic E-state index is -0.701. The molecule has 0 aliphatic rings. The lowest BCUT2D eigenvalue weighted by molar-refractivity contribution is -0.143. The van der Waals surface area contributed by atoms with Gasteiger partial charge in [0.1, 0.15) is 11.8 Å². The van der Waals surface area contributed by atoms with Gasteiger partial charge in [-0.2, -0.15) is 0 Å². The Kier molecular flexibility index (Phi) is 10.4. The predicted molar refractivity (Wildman–Crippen MR) is 148 cm³/mol. The number of hydrogen-bond acceptors (Lipinski definition) is 3. The molecule has 3 aromatic carbocycles. The summed E-state index contributed by atoms with van der Waals surface area (Å²) in [4.78, 5) is 28.7. The largest absolute Gasteiger partial charge is 0.484 e. The molecule has 2 atom stereocenters. The number of amides is 2. The fraction of sp³-hybridized carbons (Fsp3) is 0.310. The van der Waals surface area contributed by atoms with Gasteiger partial charge in [0, 0.05) is 28.5 Å². The highest BCUT2D eigenvalue weighted by Crippen LogP contribution is 2.22. The molecule has 0 fully saturated rings. The topological polar surface area (TPSA) is 58.6 Å². The molecule has 3 aromatic rings. The predicted octanol–water partition coefficient (Wildman–Crippen LogP) is 6.34. The van der Waals surface area contributed by atoms with E-state index < -0.39 is 6.04 Å². The van der Waals surface area contributed by atoms with Crippen molar-refractivity contribution in [2.24, 2.45) is 0 Å². The molecule has 3 rings (SSSR count). The Labute approximate surface area is 226 Å². The number of aryl methyl sites for hydroxylation is 1. The summed E-state index contributed by atoms with van der Waals surface area (Å²) in [7, 11) is 0. The van der Waals surface area contributed by atoms with Crippen molar-refractivity contribution < 1.29 is 14.3 Å². The van der Waals surface area contributed by atoms with Crippen molar-refractivity contribution in [3.63, 3.8) is 0 Å². The molecule has 0 radical (unpaired) electrons. The van der Waals surface area contributed by atoms with Crippen molar-refractivity contribution in [3.8, 4) is 5.75 Å². The van der Waals surface area contributed by atoms with Gasteiger partial charge >= 0.3 is 0 Å². The maximum atomic E-state index is 13.6. The molecular weight excluding hydrogens is 540 g/mol. The first-order valence-electron chi connectivity index (χ1n) is 12.0. The number of halogens is 2. The van der Waals surface area contributed by atoms with E-state index in [1.54, 1.807) is 23.1 Å². The summed E-state index contributed by atoms with van der Waals surface area (Å²) in [6.07, 6.45) is 1.19. The van der Waals surface area contributed by atoms with Crippen LogP contribution in [0.15, 0.2) is 77.3 Å². The van der Waals surface area contributed by atoms with Crippen LogP contribution >= 0.6 is 27.5 Å². The summed E-state index contributed by atoms with van der Waals surface area (Å²) in [6.45, 7) is 5.94. The standard InChI is InChI=1S/C29H32BrClN2O3/c1-4-21(3)32-29(35)27(17-22-8-6-5-7-9-22)33(18-23-10-12-24(30)13-11-23)28(34)19-36-25-14-15-26(31)20(2)16-25/h5-16,21,27H,4,17-19H2,1-3H3,(H,32,35)/t21-,27+/m0/s1. The quantitative estimate of drug-likeness (QED) is 0.292. The van der Waals surface area contributed by atoms with Gasteiger partial charge < -0.3 is 15.0 Å². The summed E-state index contributed by atoms with van der Waals surface area (Å²) < 4.78 is 6.78. The van der Waals surface area contributed by atoms with E-state index in [1.165, 1.54) is 0 Å². The number of benzene rings is 3. The van der Waals surface area contributed by atoms with Crippen molar-refractivity contribution in [2.75, 3.05) is 6.61 Å². The van der Waals surface area contributed by atoms with Gasteiger partial charge in [0.05, 0.1) is 0 Å². The summed E-state index contributed by atoms with van der Waals surface area (Å²) in [5.74, 6) is 0.101. The molecule has 36 heavy (non-hydrogen) atoms. The first kappa shape index (κ1) is 27.8. The molecule has 0 aliphatic heterocycles. The van der Waals surface area contributed by atoms with Crippen LogP contribution < -0.4 is 10.1 Å². The number of hydrogen-bond donors (Lipinski definition) is 1.